The third kappa shape index (κ3) is 4.72. The Labute approximate surface area is 160 Å². The van der Waals surface area contributed by atoms with E-state index in [4.69, 9.17) is 10.7 Å². The number of carbonyl (C=O) groups excluding carboxylic acids is 1. The number of aromatic nitrogens is 3. The monoisotopic (exact) mass is 368 g/mol. The number of nitrogens with one attached hydrogen (secondary N) is 1. The fourth-order valence-electron chi connectivity index (χ4n) is 3.49. The zero-order valence-corrected chi connectivity index (χ0v) is 16.1. The molecule has 1 atom stereocenters. The quantitative estimate of drug-likeness (QED) is 0.841. The molecule has 2 aromatic heterocycles. The number of primary amides is 1. The average Bonchev–Trinajstić information content (AvgIpc) is 2.61. The van der Waals surface area contributed by atoms with Crippen molar-refractivity contribution in [3.63, 3.8) is 0 Å². The molecule has 0 saturated carbocycles. The molecule has 0 spiro atoms. The number of anilines is 2. The van der Waals surface area contributed by atoms with Crippen LogP contribution in [0.15, 0.2) is 24.5 Å². The molecule has 0 unspecified atom stereocenters. The molecule has 7 nitrogen and oxygen atoms in total. The molecular formula is C20H28N6O. The van der Waals surface area contributed by atoms with Crippen LogP contribution in [-0.4, -0.2) is 33.9 Å². The highest BCUT2D eigenvalue weighted by molar-refractivity contribution is 5.97. The second kappa shape index (κ2) is 8.79. The van der Waals surface area contributed by atoms with Gasteiger partial charge in [-0.1, -0.05) is 19.3 Å². The second-order valence-electron chi connectivity index (χ2n) is 7.10. The van der Waals surface area contributed by atoms with Crippen LogP contribution in [0, 0.1) is 6.92 Å². The Morgan fingerprint density at radius 1 is 1.19 bits per heavy atom. The molecule has 1 amide bonds. The lowest BCUT2D eigenvalue weighted by atomic mass is 10.1. The van der Waals surface area contributed by atoms with Gasteiger partial charge in [0.05, 0.1) is 11.6 Å². The van der Waals surface area contributed by atoms with Crippen LogP contribution in [0.5, 0.6) is 0 Å². The van der Waals surface area contributed by atoms with Gasteiger partial charge in [0.15, 0.2) is 0 Å². The number of aryl methyl sites for hydroxylation is 1. The highest BCUT2D eigenvalue weighted by Gasteiger charge is 2.17. The normalized spacial score (nSPS) is 16.3. The highest BCUT2D eigenvalue weighted by Crippen LogP contribution is 2.24. The van der Waals surface area contributed by atoms with Gasteiger partial charge in [-0.3, -0.25) is 4.79 Å². The van der Waals surface area contributed by atoms with Crippen LogP contribution in [0.25, 0.3) is 0 Å². The van der Waals surface area contributed by atoms with Crippen LogP contribution in [0.3, 0.4) is 0 Å². The van der Waals surface area contributed by atoms with Crippen molar-refractivity contribution < 1.29 is 4.79 Å². The van der Waals surface area contributed by atoms with Crippen LogP contribution in [0.4, 0.5) is 11.8 Å². The molecule has 0 aromatic carbocycles. The fourth-order valence-corrected chi connectivity index (χ4v) is 3.49. The SMILES string of the molecule is Cc1nc(N2CCCCCCC2)ncc1[C@H](C)Nc1ncccc1C(N)=O. The molecule has 144 valence electrons. The Morgan fingerprint density at radius 3 is 2.56 bits per heavy atom. The third-order valence-corrected chi connectivity index (χ3v) is 5.04. The van der Waals surface area contributed by atoms with E-state index in [2.05, 4.69) is 20.2 Å². The summed E-state index contributed by atoms with van der Waals surface area (Å²) in [4.78, 5) is 27.5. The first-order chi connectivity index (χ1) is 13.1. The van der Waals surface area contributed by atoms with Gasteiger partial charge in [0.25, 0.3) is 5.91 Å². The minimum atomic E-state index is -0.502. The van der Waals surface area contributed by atoms with Crippen molar-refractivity contribution in [2.24, 2.45) is 5.73 Å². The summed E-state index contributed by atoms with van der Waals surface area (Å²) in [6, 6.07) is 3.26. The van der Waals surface area contributed by atoms with E-state index in [1.54, 1.807) is 18.3 Å². The average molecular weight is 368 g/mol. The van der Waals surface area contributed by atoms with Crippen molar-refractivity contribution in [1.82, 2.24) is 15.0 Å². The van der Waals surface area contributed by atoms with E-state index in [0.29, 0.717) is 11.4 Å². The van der Waals surface area contributed by atoms with Crippen molar-refractivity contribution in [3.05, 3.63) is 41.3 Å². The Morgan fingerprint density at radius 2 is 1.89 bits per heavy atom. The summed E-state index contributed by atoms with van der Waals surface area (Å²) in [7, 11) is 0. The van der Waals surface area contributed by atoms with E-state index < -0.39 is 5.91 Å². The molecule has 1 fully saturated rings. The largest absolute Gasteiger partial charge is 0.365 e. The maximum absolute atomic E-state index is 11.6. The molecule has 2 aromatic rings. The molecule has 0 radical (unpaired) electrons. The standard InChI is InChI=1S/C20H28N6O/c1-14(24-19-16(18(21)27)9-8-10-22-19)17-13-23-20(25-15(17)2)26-11-6-4-3-5-7-12-26/h8-10,13-14H,3-7,11-12H2,1-2H3,(H2,21,27)(H,22,24)/t14-/m0/s1. The summed E-state index contributed by atoms with van der Waals surface area (Å²) >= 11 is 0. The maximum atomic E-state index is 11.6. The van der Waals surface area contributed by atoms with Gasteiger partial charge in [0.1, 0.15) is 5.82 Å². The Kier molecular flexibility index (Phi) is 6.21. The van der Waals surface area contributed by atoms with Gasteiger partial charge in [0, 0.05) is 36.7 Å². The molecule has 0 bridgehead atoms. The molecule has 3 rings (SSSR count). The van der Waals surface area contributed by atoms with Crippen molar-refractivity contribution in [1.29, 1.82) is 0 Å². The number of carbonyl (C=O) groups is 1. The molecule has 3 heterocycles. The molecule has 1 saturated heterocycles. The van der Waals surface area contributed by atoms with E-state index >= 15 is 0 Å². The topological polar surface area (TPSA) is 97.0 Å². The van der Waals surface area contributed by atoms with Gasteiger partial charge in [-0.25, -0.2) is 15.0 Å². The van der Waals surface area contributed by atoms with E-state index in [0.717, 1.165) is 30.3 Å². The fraction of sp³-hybridized carbons (Fsp3) is 0.500. The molecule has 1 aliphatic rings. The summed E-state index contributed by atoms with van der Waals surface area (Å²) in [6.45, 7) is 6.03. The van der Waals surface area contributed by atoms with Crippen molar-refractivity contribution in [2.75, 3.05) is 23.3 Å². The summed E-state index contributed by atoms with van der Waals surface area (Å²) in [6.07, 6.45) is 9.78. The lowest BCUT2D eigenvalue weighted by Crippen LogP contribution is -2.29. The first-order valence-corrected chi connectivity index (χ1v) is 9.66. The third-order valence-electron chi connectivity index (χ3n) is 5.04. The maximum Gasteiger partial charge on any atom is 0.252 e. The number of rotatable bonds is 5. The second-order valence-corrected chi connectivity index (χ2v) is 7.10. The molecule has 27 heavy (non-hydrogen) atoms. The van der Waals surface area contributed by atoms with Crippen LogP contribution in [-0.2, 0) is 0 Å². The lowest BCUT2D eigenvalue weighted by molar-refractivity contribution is 0.100. The van der Waals surface area contributed by atoms with Crippen molar-refractivity contribution in [3.8, 4) is 0 Å². The number of hydrogen-bond acceptors (Lipinski definition) is 6. The van der Waals surface area contributed by atoms with Gasteiger partial charge >= 0.3 is 0 Å². The Bertz CT molecular complexity index is 786. The van der Waals surface area contributed by atoms with E-state index in [9.17, 15) is 4.79 Å². The van der Waals surface area contributed by atoms with Crippen molar-refractivity contribution in [2.45, 2.75) is 52.0 Å². The smallest absolute Gasteiger partial charge is 0.252 e. The Balaban J connectivity index is 1.76. The summed E-state index contributed by atoms with van der Waals surface area (Å²) in [5.74, 6) is 0.781. The lowest BCUT2D eigenvalue weighted by Gasteiger charge is -2.26. The first-order valence-electron chi connectivity index (χ1n) is 9.66. The summed E-state index contributed by atoms with van der Waals surface area (Å²) in [5, 5.41) is 3.26. The molecular weight excluding hydrogens is 340 g/mol. The van der Waals surface area contributed by atoms with Gasteiger partial charge in [-0.15, -0.1) is 0 Å². The zero-order chi connectivity index (χ0) is 19.2. The molecule has 7 heteroatoms. The zero-order valence-electron chi connectivity index (χ0n) is 16.1. The highest BCUT2D eigenvalue weighted by atomic mass is 16.1. The number of hydrogen-bond donors (Lipinski definition) is 2. The number of nitrogens with two attached hydrogens (primary N) is 1. The Hall–Kier alpha value is -2.70. The predicted molar refractivity (Wildman–Crippen MR) is 107 cm³/mol. The van der Waals surface area contributed by atoms with Crippen molar-refractivity contribution >= 4 is 17.7 Å². The molecule has 0 aliphatic carbocycles. The molecule has 1 aliphatic heterocycles. The van der Waals surface area contributed by atoms with Gasteiger partial charge in [0.2, 0.25) is 5.95 Å². The summed E-state index contributed by atoms with van der Waals surface area (Å²) < 4.78 is 0. The van der Waals surface area contributed by atoms with Crippen LogP contribution < -0.4 is 16.0 Å². The minimum Gasteiger partial charge on any atom is -0.365 e. The number of nitrogens with zero attached hydrogens (tertiary/aromatic N) is 4. The van der Waals surface area contributed by atoms with Gasteiger partial charge in [-0.2, -0.15) is 0 Å². The molecule has 3 N–H and O–H groups in total. The van der Waals surface area contributed by atoms with Gasteiger partial charge in [-0.05, 0) is 38.8 Å². The van der Waals surface area contributed by atoms with Gasteiger partial charge < -0.3 is 16.0 Å². The van der Waals surface area contributed by atoms with Crippen LogP contribution in [0.1, 0.15) is 66.7 Å². The number of pyridine rings is 1. The summed E-state index contributed by atoms with van der Waals surface area (Å²) in [5.41, 5.74) is 7.72. The van der Waals surface area contributed by atoms with E-state index in [-0.39, 0.29) is 6.04 Å². The minimum absolute atomic E-state index is 0.0978. The van der Waals surface area contributed by atoms with E-state index in [1.807, 2.05) is 20.0 Å². The first kappa shape index (κ1) is 19.1. The number of amides is 1. The predicted octanol–water partition coefficient (Wildman–Crippen LogP) is 3.22. The van der Waals surface area contributed by atoms with Crippen LogP contribution in [0.2, 0.25) is 0 Å². The van der Waals surface area contributed by atoms with E-state index in [1.165, 1.54) is 32.1 Å². The van der Waals surface area contributed by atoms with Crippen LogP contribution >= 0.6 is 0 Å².